The maximum atomic E-state index is 9.50. The fourth-order valence-electron chi connectivity index (χ4n) is 2.35. The highest BCUT2D eigenvalue weighted by Gasteiger charge is 2.20. The molecule has 1 saturated carbocycles. The summed E-state index contributed by atoms with van der Waals surface area (Å²) < 4.78 is 1.05. The Hall–Kier alpha value is -0.910. The normalized spacial score (nSPS) is 24.3. The lowest BCUT2D eigenvalue weighted by molar-refractivity contribution is 0.126. The zero-order valence-electron chi connectivity index (χ0n) is 9.77. The predicted molar refractivity (Wildman–Crippen MR) is 74.3 cm³/mol. The molecule has 6 heteroatoms. The number of nitrogens with zero attached hydrogens (tertiary/aromatic N) is 2. The molecule has 2 aromatic rings. The van der Waals surface area contributed by atoms with Crippen LogP contribution >= 0.6 is 22.9 Å². The summed E-state index contributed by atoms with van der Waals surface area (Å²) in [6.45, 7) is 0. The number of thiophene rings is 1. The lowest BCUT2D eigenvalue weighted by Gasteiger charge is -2.26. The van der Waals surface area contributed by atoms with Gasteiger partial charge in [0.1, 0.15) is 5.82 Å². The fraction of sp³-hybridized carbons (Fsp3) is 0.500. The smallest absolute Gasteiger partial charge is 0.224 e. The molecule has 0 atom stereocenters. The first kappa shape index (κ1) is 12.1. The molecular formula is C12H14ClN3OS. The molecule has 0 aromatic carbocycles. The summed E-state index contributed by atoms with van der Waals surface area (Å²) in [6, 6.07) is 2.31. The van der Waals surface area contributed by atoms with Crippen LogP contribution in [0.15, 0.2) is 11.4 Å². The number of aliphatic hydroxyl groups is 1. The van der Waals surface area contributed by atoms with Crippen molar-refractivity contribution < 1.29 is 5.11 Å². The van der Waals surface area contributed by atoms with E-state index in [1.165, 1.54) is 0 Å². The Kier molecular flexibility index (Phi) is 3.37. The molecule has 1 aliphatic carbocycles. The topological polar surface area (TPSA) is 58.0 Å². The van der Waals surface area contributed by atoms with Crippen LogP contribution in [-0.4, -0.2) is 27.2 Å². The van der Waals surface area contributed by atoms with E-state index in [1.54, 1.807) is 11.3 Å². The summed E-state index contributed by atoms with van der Waals surface area (Å²) in [7, 11) is 0. The van der Waals surface area contributed by atoms with Gasteiger partial charge in [-0.2, -0.15) is 4.98 Å². The molecule has 0 bridgehead atoms. The molecule has 0 radical (unpaired) electrons. The van der Waals surface area contributed by atoms with Gasteiger partial charge in [0.15, 0.2) is 0 Å². The van der Waals surface area contributed by atoms with Gasteiger partial charge >= 0.3 is 0 Å². The van der Waals surface area contributed by atoms with E-state index in [-0.39, 0.29) is 11.4 Å². The summed E-state index contributed by atoms with van der Waals surface area (Å²) in [6.07, 6.45) is 3.50. The molecule has 2 heterocycles. The highest BCUT2D eigenvalue weighted by molar-refractivity contribution is 7.17. The van der Waals surface area contributed by atoms with Crippen LogP contribution in [0.4, 0.5) is 5.82 Å². The molecule has 3 rings (SSSR count). The van der Waals surface area contributed by atoms with Crippen molar-refractivity contribution in [3.05, 3.63) is 16.7 Å². The standard InChI is InChI=1S/C12H14ClN3OS/c13-12-15-9-5-6-18-10(9)11(16-12)14-7-1-3-8(17)4-2-7/h5-8,17H,1-4H2,(H,14,15,16). The molecule has 0 amide bonds. The number of aliphatic hydroxyl groups excluding tert-OH is 1. The number of anilines is 1. The van der Waals surface area contributed by atoms with Crippen molar-refractivity contribution in [2.24, 2.45) is 0 Å². The first-order valence-electron chi connectivity index (χ1n) is 6.08. The van der Waals surface area contributed by atoms with Crippen LogP contribution in [0, 0.1) is 0 Å². The molecule has 2 aromatic heterocycles. The number of nitrogens with one attached hydrogen (secondary N) is 1. The molecule has 0 aliphatic heterocycles. The highest BCUT2D eigenvalue weighted by Crippen LogP contribution is 2.29. The van der Waals surface area contributed by atoms with E-state index < -0.39 is 0 Å². The van der Waals surface area contributed by atoms with E-state index in [4.69, 9.17) is 11.6 Å². The number of hydrogen-bond donors (Lipinski definition) is 2. The number of fused-ring (bicyclic) bond motifs is 1. The first-order valence-corrected chi connectivity index (χ1v) is 7.33. The maximum absolute atomic E-state index is 9.50. The van der Waals surface area contributed by atoms with E-state index in [1.807, 2.05) is 11.4 Å². The molecule has 96 valence electrons. The third kappa shape index (κ3) is 2.43. The van der Waals surface area contributed by atoms with Gasteiger partial charge in [0.05, 0.1) is 16.3 Å². The molecule has 2 N–H and O–H groups in total. The Morgan fingerprint density at radius 3 is 2.83 bits per heavy atom. The van der Waals surface area contributed by atoms with E-state index >= 15 is 0 Å². The van der Waals surface area contributed by atoms with Crippen molar-refractivity contribution in [2.75, 3.05) is 5.32 Å². The molecule has 1 fully saturated rings. The van der Waals surface area contributed by atoms with E-state index in [0.717, 1.165) is 41.7 Å². The Morgan fingerprint density at radius 1 is 1.28 bits per heavy atom. The number of rotatable bonds is 2. The van der Waals surface area contributed by atoms with Crippen LogP contribution in [0.5, 0.6) is 0 Å². The molecule has 0 saturated heterocycles. The van der Waals surface area contributed by atoms with E-state index in [9.17, 15) is 5.11 Å². The van der Waals surface area contributed by atoms with Crippen LogP contribution in [0.1, 0.15) is 25.7 Å². The molecule has 0 unspecified atom stereocenters. The van der Waals surface area contributed by atoms with Crippen LogP contribution in [-0.2, 0) is 0 Å². The van der Waals surface area contributed by atoms with Gasteiger partial charge in [0, 0.05) is 6.04 Å². The van der Waals surface area contributed by atoms with Crippen molar-refractivity contribution in [3.63, 3.8) is 0 Å². The predicted octanol–water partition coefficient (Wildman–Crippen LogP) is 3.06. The summed E-state index contributed by atoms with van der Waals surface area (Å²) in [4.78, 5) is 8.46. The molecule has 18 heavy (non-hydrogen) atoms. The minimum absolute atomic E-state index is 0.140. The average Bonchev–Trinajstić information content (AvgIpc) is 2.80. The summed E-state index contributed by atoms with van der Waals surface area (Å²) in [5.41, 5.74) is 0.887. The monoisotopic (exact) mass is 283 g/mol. The zero-order valence-corrected chi connectivity index (χ0v) is 11.3. The van der Waals surface area contributed by atoms with Gasteiger partial charge in [-0.05, 0) is 48.7 Å². The quantitative estimate of drug-likeness (QED) is 0.832. The number of hydrogen-bond acceptors (Lipinski definition) is 5. The molecule has 4 nitrogen and oxygen atoms in total. The summed E-state index contributed by atoms with van der Waals surface area (Å²) in [5.74, 6) is 0.821. The second-order valence-corrected chi connectivity index (χ2v) is 5.88. The van der Waals surface area contributed by atoms with Crippen LogP contribution in [0.2, 0.25) is 5.28 Å². The van der Waals surface area contributed by atoms with E-state index in [0.29, 0.717) is 6.04 Å². The fourth-order valence-corrected chi connectivity index (χ4v) is 3.31. The maximum Gasteiger partial charge on any atom is 0.224 e. The van der Waals surface area contributed by atoms with Crippen molar-refractivity contribution in [3.8, 4) is 0 Å². The third-order valence-electron chi connectivity index (χ3n) is 3.31. The lowest BCUT2D eigenvalue weighted by atomic mass is 9.93. The summed E-state index contributed by atoms with van der Waals surface area (Å²) >= 11 is 7.54. The third-order valence-corrected chi connectivity index (χ3v) is 4.39. The van der Waals surface area contributed by atoms with Gasteiger partial charge in [-0.15, -0.1) is 11.3 Å². The number of halogens is 1. The van der Waals surface area contributed by atoms with Crippen LogP contribution in [0.25, 0.3) is 10.2 Å². The Balaban J connectivity index is 1.83. The van der Waals surface area contributed by atoms with Gasteiger partial charge in [-0.25, -0.2) is 4.98 Å². The van der Waals surface area contributed by atoms with Crippen molar-refractivity contribution in [1.82, 2.24) is 9.97 Å². The highest BCUT2D eigenvalue weighted by atomic mass is 35.5. The lowest BCUT2D eigenvalue weighted by Crippen LogP contribution is -2.28. The van der Waals surface area contributed by atoms with Crippen molar-refractivity contribution >= 4 is 39.0 Å². The van der Waals surface area contributed by atoms with Gasteiger partial charge in [0.2, 0.25) is 5.28 Å². The largest absolute Gasteiger partial charge is 0.393 e. The second kappa shape index (κ2) is 4.99. The van der Waals surface area contributed by atoms with Gasteiger partial charge < -0.3 is 10.4 Å². The van der Waals surface area contributed by atoms with Crippen LogP contribution in [0.3, 0.4) is 0 Å². The van der Waals surface area contributed by atoms with Crippen LogP contribution < -0.4 is 5.32 Å². The Bertz CT molecular complexity index is 551. The van der Waals surface area contributed by atoms with Gasteiger partial charge in [0.25, 0.3) is 0 Å². The van der Waals surface area contributed by atoms with Crippen molar-refractivity contribution in [2.45, 2.75) is 37.8 Å². The Labute approximate surface area is 114 Å². The Morgan fingerprint density at radius 2 is 2.06 bits per heavy atom. The average molecular weight is 284 g/mol. The number of aromatic nitrogens is 2. The van der Waals surface area contributed by atoms with E-state index in [2.05, 4.69) is 15.3 Å². The van der Waals surface area contributed by atoms with Gasteiger partial charge in [-0.3, -0.25) is 0 Å². The minimum atomic E-state index is -0.140. The molecular weight excluding hydrogens is 270 g/mol. The minimum Gasteiger partial charge on any atom is -0.393 e. The zero-order chi connectivity index (χ0) is 12.5. The van der Waals surface area contributed by atoms with Crippen molar-refractivity contribution in [1.29, 1.82) is 0 Å². The summed E-state index contributed by atoms with van der Waals surface area (Å²) in [5, 5.41) is 15.2. The molecule has 1 aliphatic rings. The molecule has 0 spiro atoms. The van der Waals surface area contributed by atoms with Gasteiger partial charge in [-0.1, -0.05) is 0 Å². The second-order valence-electron chi connectivity index (χ2n) is 4.63. The SMILES string of the molecule is OC1CCC(Nc2nc(Cl)nc3ccsc23)CC1. The first-order chi connectivity index (χ1) is 8.72.